The Labute approximate surface area is 174 Å². The molecular formula is C22H26N2O6. The van der Waals surface area contributed by atoms with E-state index in [2.05, 4.69) is 4.98 Å². The molecule has 0 spiro atoms. The number of hydrogen-bond acceptors (Lipinski definition) is 6. The molecule has 2 aromatic rings. The van der Waals surface area contributed by atoms with Crippen LogP contribution in [0.15, 0.2) is 12.1 Å². The van der Waals surface area contributed by atoms with Crippen molar-refractivity contribution in [3.8, 4) is 11.5 Å². The lowest BCUT2D eigenvalue weighted by Crippen LogP contribution is -2.49. The molecule has 0 bridgehead atoms. The summed E-state index contributed by atoms with van der Waals surface area (Å²) in [4.78, 5) is 30.1. The molecule has 1 aromatic carbocycles. The lowest BCUT2D eigenvalue weighted by molar-refractivity contribution is -0.153. The molecule has 1 atom stereocenters. The van der Waals surface area contributed by atoms with Crippen LogP contribution < -0.4 is 9.47 Å². The van der Waals surface area contributed by atoms with Crippen LogP contribution in [-0.2, 0) is 20.7 Å². The fourth-order valence-corrected chi connectivity index (χ4v) is 4.59. The highest BCUT2D eigenvalue weighted by Gasteiger charge is 2.59. The quantitative estimate of drug-likeness (QED) is 0.752. The van der Waals surface area contributed by atoms with Crippen molar-refractivity contribution in [1.29, 1.82) is 0 Å². The molecule has 1 N–H and O–H groups in total. The summed E-state index contributed by atoms with van der Waals surface area (Å²) in [5, 5.41) is 1.04. The third kappa shape index (κ3) is 3.05. The Hall–Kier alpha value is -2.90. The second kappa shape index (κ2) is 6.30. The lowest BCUT2D eigenvalue weighted by Gasteiger charge is -2.40. The molecule has 1 fully saturated rings. The van der Waals surface area contributed by atoms with Crippen molar-refractivity contribution in [2.45, 2.75) is 64.2 Å². The number of esters is 1. The van der Waals surface area contributed by atoms with E-state index < -0.39 is 23.3 Å². The lowest BCUT2D eigenvalue weighted by atomic mass is 9.92. The first-order valence-electron chi connectivity index (χ1n) is 10.3. The number of rotatable bonds is 2. The van der Waals surface area contributed by atoms with Crippen molar-refractivity contribution in [2.24, 2.45) is 0 Å². The highest BCUT2D eigenvalue weighted by Crippen LogP contribution is 2.55. The summed E-state index contributed by atoms with van der Waals surface area (Å²) in [6.07, 6.45) is 1.67. The number of H-pyrrole nitrogens is 1. The van der Waals surface area contributed by atoms with Gasteiger partial charge in [0, 0.05) is 36.1 Å². The molecule has 5 rings (SSSR count). The topological polar surface area (TPSA) is 90.1 Å². The first-order valence-corrected chi connectivity index (χ1v) is 10.3. The normalized spacial score (nSPS) is 21.3. The first kappa shape index (κ1) is 19.1. The van der Waals surface area contributed by atoms with Crippen LogP contribution in [0.1, 0.15) is 57.8 Å². The molecular weight excluding hydrogens is 388 g/mol. The fraction of sp³-hybridized carbons (Fsp3) is 0.545. The summed E-state index contributed by atoms with van der Waals surface area (Å²) < 4.78 is 22.5. The average Bonchev–Trinajstić information content (AvgIpc) is 3.10. The molecule has 8 heteroatoms. The number of aromatic nitrogens is 1. The van der Waals surface area contributed by atoms with Gasteiger partial charge in [-0.1, -0.05) is 0 Å². The van der Waals surface area contributed by atoms with Gasteiger partial charge in [-0.05, 0) is 51.7 Å². The molecule has 1 aliphatic carbocycles. The Bertz CT molecular complexity index is 1050. The SMILES string of the molecule is CC(=O)OC1([C@H]2c3[nH]c4cc5c(cc4c3CCN2C(=O)OC(C)(C)C)OCO5)CC1. The van der Waals surface area contributed by atoms with Crippen LogP contribution in [0.3, 0.4) is 0 Å². The van der Waals surface area contributed by atoms with Gasteiger partial charge in [0.2, 0.25) is 6.79 Å². The molecule has 1 aromatic heterocycles. The van der Waals surface area contributed by atoms with Crippen LogP contribution in [-0.4, -0.2) is 46.5 Å². The minimum Gasteiger partial charge on any atom is -0.457 e. The molecule has 2 aliphatic heterocycles. The van der Waals surface area contributed by atoms with Gasteiger partial charge >= 0.3 is 12.1 Å². The molecule has 8 nitrogen and oxygen atoms in total. The predicted octanol–water partition coefficient (Wildman–Crippen LogP) is 3.83. The number of ether oxygens (including phenoxy) is 4. The molecule has 30 heavy (non-hydrogen) atoms. The Morgan fingerprint density at radius 3 is 2.53 bits per heavy atom. The molecule has 0 radical (unpaired) electrons. The van der Waals surface area contributed by atoms with Gasteiger partial charge in [0.15, 0.2) is 11.5 Å². The number of carbonyl (C=O) groups is 2. The number of amides is 1. The predicted molar refractivity (Wildman–Crippen MR) is 108 cm³/mol. The van der Waals surface area contributed by atoms with E-state index >= 15 is 0 Å². The van der Waals surface area contributed by atoms with Gasteiger partial charge in [-0.25, -0.2) is 4.79 Å². The third-order valence-electron chi connectivity index (χ3n) is 5.84. The molecule has 3 heterocycles. The average molecular weight is 414 g/mol. The first-order chi connectivity index (χ1) is 14.2. The van der Waals surface area contributed by atoms with Gasteiger partial charge in [-0.15, -0.1) is 0 Å². The summed E-state index contributed by atoms with van der Waals surface area (Å²) in [5.41, 5.74) is 1.58. The number of fused-ring (bicyclic) bond motifs is 4. The Morgan fingerprint density at radius 2 is 1.90 bits per heavy atom. The third-order valence-corrected chi connectivity index (χ3v) is 5.84. The Balaban J connectivity index is 1.61. The Kier molecular flexibility index (Phi) is 4.01. The number of benzene rings is 1. The number of carbonyl (C=O) groups excluding carboxylic acids is 2. The Morgan fingerprint density at radius 1 is 1.20 bits per heavy atom. The maximum Gasteiger partial charge on any atom is 0.411 e. The second-order valence-corrected chi connectivity index (χ2v) is 9.25. The molecule has 1 amide bonds. The zero-order valence-electron chi connectivity index (χ0n) is 17.7. The molecule has 1 saturated carbocycles. The van der Waals surface area contributed by atoms with Crippen LogP contribution in [0, 0.1) is 0 Å². The standard InChI is InChI=1S/C22H26N2O6/c1-12(25)29-22(6-7-22)19-18-13(5-8-24(19)20(26)30-21(2,3)4)14-9-16-17(28-11-27-16)10-15(14)23-18/h9-10,19,23H,5-8,11H2,1-4H3/t19-/m1/s1. The van der Waals surface area contributed by atoms with E-state index in [4.69, 9.17) is 18.9 Å². The van der Waals surface area contributed by atoms with Crippen LogP contribution in [0.4, 0.5) is 4.79 Å². The zero-order chi connectivity index (χ0) is 21.3. The van der Waals surface area contributed by atoms with E-state index in [1.165, 1.54) is 6.92 Å². The summed E-state index contributed by atoms with van der Waals surface area (Å²) >= 11 is 0. The van der Waals surface area contributed by atoms with Crippen LogP contribution in [0.25, 0.3) is 10.9 Å². The van der Waals surface area contributed by atoms with E-state index in [-0.39, 0.29) is 12.8 Å². The maximum absolute atomic E-state index is 13.1. The molecule has 0 saturated heterocycles. The van der Waals surface area contributed by atoms with Gasteiger partial charge in [-0.2, -0.15) is 0 Å². The fourth-order valence-electron chi connectivity index (χ4n) is 4.59. The van der Waals surface area contributed by atoms with Gasteiger partial charge < -0.3 is 23.9 Å². The number of aromatic amines is 1. The van der Waals surface area contributed by atoms with Gasteiger partial charge in [0.1, 0.15) is 17.2 Å². The van der Waals surface area contributed by atoms with E-state index in [1.807, 2.05) is 32.9 Å². The van der Waals surface area contributed by atoms with Crippen molar-refractivity contribution in [3.63, 3.8) is 0 Å². The number of nitrogens with one attached hydrogen (secondary N) is 1. The van der Waals surface area contributed by atoms with E-state index in [0.717, 1.165) is 27.9 Å². The highest BCUT2D eigenvalue weighted by molar-refractivity contribution is 5.89. The van der Waals surface area contributed by atoms with Crippen LogP contribution >= 0.6 is 0 Å². The second-order valence-electron chi connectivity index (χ2n) is 9.25. The van der Waals surface area contributed by atoms with Gasteiger partial charge in [-0.3, -0.25) is 9.69 Å². The van der Waals surface area contributed by atoms with Crippen molar-refractivity contribution < 1.29 is 28.5 Å². The highest BCUT2D eigenvalue weighted by atomic mass is 16.7. The number of nitrogens with zero attached hydrogens (tertiary/aromatic N) is 1. The van der Waals surface area contributed by atoms with Crippen LogP contribution in [0.5, 0.6) is 11.5 Å². The van der Waals surface area contributed by atoms with Crippen LogP contribution in [0.2, 0.25) is 0 Å². The zero-order valence-corrected chi connectivity index (χ0v) is 17.7. The molecule has 160 valence electrons. The van der Waals surface area contributed by atoms with Gasteiger partial charge in [0.05, 0.1) is 0 Å². The summed E-state index contributed by atoms with van der Waals surface area (Å²) in [6, 6.07) is 3.48. The van der Waals surface area contributed by atoms with Crippen molar-refractivity contribution in [1.82, 2.24) is 9.88 Å². The largest absolute Gasteiger partial charge is 0.457 e. The minimum atomic E-state index is -0.728. The number of hydrogen-bond donors (Lipinski definition) is 1. The minimum absolute atomic E-state index is 0.217. The molecule has 3 aliphatic rings. The van der Waals surface area contributed by atoms with Crippen molar-refractivity contribution in [3.05, 3.63) is 23.4 Å². The summed E-state index contributed by atoms with van der Waals surface area (Å²) in [5.74, 6) is 1.07. The monoisotopic (exact) mass is 414 g/mol. The van der Waals surface area contributed by atoms with E-state index in [0.29, 0.717) is 31.6 Å². The molecule has 0 unspecified atom stereocenters. The summed E-state index contributed by atoms with van der Waals surface area (Å²) in [6.45, 7) is 7.65. The summed E-state index contributed by atoms with van der Waals surface area (Å²) in [7, 11) is 0. The van der Waals surface area contributed by atoms with Gasteiger partial charge in [0.25, 0.3) is 0 Å². The maximum atomic E-state index is 13.1. The van der Waals surface area contributed by atoms with Crippen molar-refractivity contribution >= 4 is 23.0 Å². The van der Waals surface area contributed by atoms with E-state index in [1.54, 1.807) is 4.90 Å². The van der Waals surface area contributed by atoms with E-state index in [9.17, 15) is 9.59 Å². The van der Waals surface area contributed by atoms with Crippen molar-refractivity contribution in [2.75, 3.05) is 13.3 Å². The smallest absolute Gasteiger partial charge is 0.411 e.